The van der Waals surface area contributed by atoms with Crippen LogP contribution in [0.15, 0.2) is 18.3 Å². The van der Waals surface area contributed by atoms with Gasteiger partial charge in [0.2, 0.25) is 0 Å². The molecule has 1 saturated heterocycles. The average Bonchev–Trinajstić information content (AvgIpc) is 2.29. The summed E-state index contributed by atoms with van der Waals surface area (Å²) in [4.78, 5) is 9.14. The van der Waals surface area contributed by atoms with Crippen LogP contribution in [-0.4, -0.2) is 48.0 Å². The number of likely N-dealkylation sites (tertiary alicyclic amines) is 1. The minimum Gasteiger partial charge on any atom is -0.305 e. The number of piperidine rings is 1. The molecule has 3 nitrogen and oxygen atoms in total. The molecule has 1 unspecified atom stereocenters. The number of likely N-dealkylation sites (N-methyl/N-ethyl adjacent to an activating group) is 2. The van der Waals surface area contributed by atoms with Crippen molar-refractivity contribution in [2.75, 3.05) is 27.2 Å². The van der Waals surface area contributed by atoms with Gasteiger partial charge in [0.25, 0.3) is 0 Å². The van der Waals surface area contributed by atoms with Gasteiger partial charge >= 0.3 is 0 Å². The van der Waals surface area contributed by atoms with Gasteiger partial charge in [-0.1, -0.05) is 11.6 Å². The van der Waals surface area contributed by atoms with Gasteiger partial charge in [0, 0.05) is 30.4 Å². The second kappa shape index (κ2) is 5.80. The number of rotatable bonds is 3. The third kappa shape index (κ3) is 3.66. The molecule has 0 amide bonds. The molecule has 94 valence electrons. The SMILES string of the molecule is CN1CCCC(N(C)Cc2cc(Cl)ccn2)C1. The van der Waals surface area contributed by atoms with E-state index in [1.807, 2.05) is 12.1 Å². The molecular formula is C13H20ClN3. The highest BCUT2D eigenvalue weighted by atomic mass is 35.5. The molecule has 1 aliphatic rings. The summed E-state index contributed by atoms with van der Waals surface area (Å²) in [6.45, 7) is 3.25. The first-order valence-corrected chi connectivity index (χ1v) is 6.52. The summed E-state index contributed by atoms with van der Waals surface area (Å²) in [5.74, 6) is 0. The fourth-order valence-electron chi connectivity index (χ4n) is 2.42. The van der Waals surface area contributed by atoms with Gasteiger partial charge < -0.3 is 4.90 Å². The van der Waals surface area contributed by atoms with Gasteiger partial charge in [-0.3, -0.25) is 9.88 Å². The predicted octanol–water partition coefficient (Wildman–Crippen LogP) is 2.26. The van der Waals surface area contributed by atoms with Crippen LogP contribution in [0.25, 0.3) is 0 Å². The summed E-state index contributed by atoms with van der Waals surface area (Å²) in [6.07, 6.45) is 4.34. The lowest BCUT2D eigenvalue weighted by atomic mass is 10.0. The molecule has 17 heavy (non-hydrogen) atoms. The smallest absolute Gasteiger partial charge is 0.0558 e. The maximum absolute atomic E-state index is 5.97. The lowest BCUT2D eigenvalue weighted by Crippen LogP contribution is -2.44. The molecule has 2 rings (SSSR count). The Morgan fingerprint density at radius 3 is 3.12 bits per heavy atom. The molecule has 0 aromatic carbocycles. The molecule has 0 radical (unpaired) electrons. The summed E-state index contributed by atoms with van der Waals surface area (Å²) in [7, 11) is 4.37. The van der Waals surface area contributed by atoms with Gasteiger partial charge in [-0.2, -0.15) is 0 Å². The van der Waals surface area contributed by atoms with Crippen molar-refractivity contribution in [1.29, 1.82) is 0 Å². The van der Waals surface area contributed by atoms with Crippen molar-refractivity contribution >= 4 is 11.6 Å². The molecule has 2 heterocycles. The first-order valence-electron chi connectivity index (χ1n) is 6.14. The largest absolute Gasteiger partial charge is 0.305 e. The molecule has 4 heteroatoms. The van der Waals surface area contributed by atoms with E-state index < -0.39 is 0 Å². The van der Waals surface area contributed by atoms with Crippen LogP contribution in [-0.2, 0) is 6.54 Å². The van der Waals surface area contributed by atoms with E-state index in [-0.39, 0.29) is 0 Å². The second-order valence-electron chi connectivity index (χ2n) is 4.94. The zero-order valence-corrected chi connectivity index (χ0v) is 11.3. The molecule has 1 aromatic rings. The minimum atomic E-state index is 0.634. The fraction of sp³-hybridized carbons (Fsp3) is 0.615. The highest BCUT2D eigenvalue weighted by Crippen LogP contribution is 2.16. The van der Waals surface area contributed by atoms with Gasteiger partial charge in [-0.05, 0) is 45.6 Å². The van der Waals surface area contributed by atoms with E-state index in [9.17, 15) is 0 Å². The number of hydrogen-bond donors (Lipinski definition) is 0. The number of aromatic nitrogens is 1. The molecule has 0 N–H and O–H groups in total. The summed E-state index contributed by atoms with van der Waals surface area (Å²) in [5, 5.41) is 0.768. The number of nitrogens with zero attached hydrogens (tertiary/aromatic N) is 3. The van der Waals surface area contributed by atoms with Crippen LogP contribution in [0.4, 0.5) is 0 Å². The van der Waals surface area contributed by atoms with Crippen LogP contribution < -0.4 is 0 Å². The Hall–Kier alpha value is -0.640. The quantitative estimate of drug-likeness (QED) is 0.824. The highest BCUT2D eigenvalue weighted by molar-refractivity contribution is 6.30. The van der Waals surface area contributed by atoms with Crippen molar-refractivity contribution in [1.82, 2.24) is 14.8 Å². The molecule has 1 fully saturated rings. The summed E-state index contributed by atoms with van der Waals surface area (Å²) < 4.78 is 0. The summed E-state index contributed by atoms with van der Waals surface area (Å²) in [6, 6.07) is 4.40. The Bertz CT molecular complexity index is 369. The van der Waals surface area contributed by atoms with Gasteiger partial charge in [-0.25, -0.2) is 0 Å². The number of pyridine rings is 1. The monoisotopic (exact) mass is 253 g/mol. The lowest BCUT2D eigenvalue weighted by Gasteiger charge is -2.35. The number of halogens is 1. The molecule has 0 saturated carbocycles. The van der Waals surface area contributed by atoms with E-state index in [0.29, 0.717) is 6.04 Å². The predicted molar refractivity (Wildman–Crippen MR) is 71.2 cm³/mol. The third-order valence-electron chi connectivity index (χ3n) is 3.41. The molecule has 1 aromatic heterocycles. The Labute approximate surface area is 108 Å². The molecule has 0 spiro atoms. The fourth-order valence-corrected chi connectivity index (χ4v) is 2.60. The van der Waals surface area contributed by atoms with Gasteiger partial charge in [0.05, 0.1) is 5.69 Å². The zero-order chi connectivity index (χ0) is 12.3. The lowest BCUT2D eigenvalue weighted by molar-refractivity contribution is 0.128. The van der Waals surface area contributed by atoms with Crippen molar-refractivity contribution in [3.63, 3.8) is 0 Å². The topological polar surface area (TPSA) is 19.4 Å². The third-order valence-corrected chi connectivity index (χ3v) is 3.65. The molecule has 0 bridgehead atoms. The molecule has 0 aliphatic carbocycles. The van der Waals surface area contributed by atoms with Crippen molar-refractivity contribution in [3.05, 3.63) is 29.0 Å². The van der Waals surface area contributed by atoms with Crippen LogP contribution in [0.3, 0.4) is 0 Å². The van der Waals surface area contributed by atoms with Crippen LogP contribution in [0.5, 0.6) is 0 Å². The number of hydrogen-bond acceptors (Lipinski definition) is 3. The normalized spacial score (nSPS) is 22.0. The van der Waals surface area contributed by atoms with Gasteiger partial charge in [0.15, 0.2) is 0 Å². The van der Waals surface area contributed by atoms with Crippen molar-refractivity contribution in [2.24, 2.45) is 0 Å². The van der Waals surface area contributed by atoms with Crippen LogP contribution in [0.1, 0.15) is 18.5 Å². The Kier molecular flexibility index (Phi) is 4.37. The maximum atomic E-state index is 5.97. The van der Waals surface area contributed by atoms with Gasteiger partial charge in [-0.15, -0.1) is 0 Å². The molecular weight excluding hydrogens is 234 g/mol. The van der Waals surface area contributed by atoms with Crippen LogP contribution >= 0.6 is 11.6 Å². The Morgan fingerprint density at radius 1 is 1.59 bits per heavy atom. The summed E-state index contributed by atoms with van der Waals surface area (Å²) >= 11 is 5.97. The summed E-state index contributed by atoms with van der Waals surface area (Å²) in [5.41, 5.74) is 1.05. The first-order chi connectivity index (χ1) is 8.15. The van der Waals surface area contributed by atoms with E-state index in [1.165, 1.54) is 19.4 Å². The van der Waals surface area contributed by atoms with Crippen LogP contribution in [0, 0.1) is 0 Å². The second-order valence-corrected chi connectivity index (χ2v) is 5.38. The van der Waals surface area contributed by atoms with Crippen LogP contribution in [0.2, 0.25) is 5.02 Å². The highest BCUT2D eigenvalue weighted by Gasteiger charge is 2.21. The Morgan fingerprint density at radius 2 is 2.41 bits per heavy atom. The molecule has 1 aliphatic heterocycles. The van der Waals surface area contributed by atoms with Crippen molar-refractivity contribution in [2.45, 2.75) is 25.4 Å². The van der Waals surface area contributed by atoms with Gasteiger partial charge in [0.1, 0.15) is 0 Å². The average molecular weight is 254 g/mol. The van der Waals surface area contributed by atoms with E-state index in [0.717, 1.165) is 23.8 Å². The minimum absolute atomic E-state index is 0.634. The molecule has 1 atom stereocenters. The Balaban J connectivity index is 1.94. The standard InChI is InChI=1S/C13H20ClN3/c1-16-7-3-4-13(10-16)17(2)9-12-8-11(14)5-6-15-12/h5-6,8,13H,3-4,7,9-10H2,1-2H3. The van der Waals surface area contributed by atoms with E-state index >= 15 is 0 Å². The van der Waals surface area contributed by atoms with E-state index in [4.69, 9.17) is 11.6 Å². The first kappa shape index (κ1) is 12.8. The van der Waals surface area contributed by atoms with Crippen molar-refractivity contribution in [3.8, 4) is 0 Å². The van der Waals surface area contributed by atoms with E-state index in [1.54, 1.807) is 6.20 Å². The van der Waals surface area contributed by atoms with E-state index in [2.05, 4.69) is 28.9 Å². The van der Waals surface area contributed by atoms with Crippen molar-refractivity contribution < 1.29 is 0 Å². The maximum Gasteiger partial charge on any atom is 0.0558 e. The zero-order valence-electron chi connectivity index (χ0n) is 10.6.